The molecule has 0 aliphatic heterocycles. The van der Waals surface area contributed by atoms with Crippen molar-refractivity contribution in [1.29, 1.82) is 0 Å². The van der Waals surface area contributed by atoms with Crippen LogP contribution in [0.2, 0.25) is 0 Å². The van der Waals surface area contributed by atoms with Crippen molar-refractivity contribution >= 4 is 22.7 Å². The van der Waals surface area contributed by atoms with E-state index >= 15 is 0 Å². The summed E-state index contributed by atoms with van der Waals surface area (Å²) in [5.74, 6) is 0.312. The first-order valence-corrected chi connectivity index (χ1v) is 7.31. The Kier molecular flexibility index (Phi) is 2.68. The zero-order valence-electron chi connectivity index (χ0n) is 11.5. The molecular formula is C15H17N3O3. The van der Waals surface area contributed by atoms with Gasteiger partial charge in [-0.2, -0.15) is 0 Å². The van der Waals surface area contributed by atoms with Crippen LogP contribution >= 0.6 is 0 Å². The second-order valence-corrected chi connectivity index (χ2v) is 6.15. The summed E-state index contributed by atoms with van der Waals surface area (Å²) in [7, 11) is 0. The maximum atomic E-state index is 12.5. The molecular weight excluding hydrogens is 270 g/mol. The maximum absolute atomic E-state index is 12.5. The van der Waals surface area contributed by atoms with Crippen molar-refractivity contribution in [3.63, 3.8) is 0 Å². The number of aromatic amines is 1. The molecule has 2 aliphatic carbocycles. The number of benzene rings is 1. The highest BCUT2D eigenvalue weighted by Gasteiger charge is 2.49. The summed E-state index contributed by atoms with van der Waals surface area (Å²) in [6.45, 7) is 0. The molecule has 2 saturated carbocycles. The van der Waals surface area contributed by atoms with E-state index in [-0.39, 0.29) is 17.9 Å². The van der Waals surface area contributed by atoms with Crippen molar-refractivity contribution in [2.24, 2.45) is 23.5 Å². The summed E-state index contributed by atoms with van der Waals surface area (Å²) in [6.07, 6.45) is 3.33. The van der Waals surface area contributed by atoms with E-state index in [1.165, 1.54) is 0 Å². The molecule has 1 aromatic carbocycles. The minimum Gasteiger partial charge on any atom is -0.408 e. The summed E-state index contributed by atoms with van der Waals surface area (Å²) in [5, 5.41) is 2.92. The van der Waals surface area contributed by atoms with Crippen LogP contribution in [0.3, 0.4) is 0 Å². The highest BCUT2D eigenvalue weighted by atomic mass is 16.4. The Balaban J connectivity index is 1.56. The van der Waals surface area contributed by atoms with E-state index in [2.05, 4.69) is 10.3 Å². The molecule has 2 bridgehead atoms. The van der Waals surface area contributed by atoms with E-state index in [0.717, 1.165) is 19.3 Å². The van der Waals surface area contributed by atoms with Crippen LogP contribution in [0.1, 0.15) is 19.3 Å². The fraction of sp³-hybridized carbons (Fsp3) is 0.467. The zero-order chi connectivity index (χ0) is 14.6. The minimum atomic E-state index is -0.497. The van der Waals surface area contributed by atoms with Gasteiger partial charge in [0.05, 0.1) is 11.4 Å². The number of carbonyl (C=O) groups excluding carboxylic acids is 1. The van der Waals surface area contributed by atoms with Gasteiger partial charge in [0.25, 0.3) is 0 Å². The van der Waals surface area contributed by atoms with Gasteiger partial charge >= 0.3 is 5.76 Å². The number of fused-ring (bicyclic) bond motifs is 3. The van der Waals surface area contributed by atoms with E-state index in [0.29, 0.717) is 28.6 Å². The molecule has 1 amide bonds. The van der Waals surface area contributed by atoms with Crippen LogP contribution in [0.15, 0.2) is 27.4 Å². The highest BCUT2D eigenvalue weighted by Crippen LogP contribution is 2.47. The smallest absolute Gasteiger partial charge is 0.408 e. The van der Waals surface area contributed by atoms with Gasteiger partial charge in [0.1, 0.15) is 0 Å². The Labute approximate surface area is 120 Å². The number of H-pyrrole nitrogens is 1. The molecule has 4 rings (SSSR count). The van der Waals surface area contributed by atoms with Gasteiger partial charge in [-0.3, -0.25) is 9.78 Å². The number of nitrogens with one attached hydrogen (secondary N) is 2. The predicted molar refractivity (Wildman–Crippen MR) is 77.8 cm³/mol. The summed E-state index contributed by atoms with van der Waals surface area (Å²) in [5.41, 5.74) is 7.90. The fourth-order valence-corrected chi connectivity index (χ4v) is 3.98. The maximum Gasteiger partial charge on any atom is 0.417 e. The van der Waals surface area contributed by atoms with Crippen LogP contribution in [-0.2, 0) is 4.79 Å². The lowest BCUT2D eigenvalue weighted by atomic mass is 9.84. The Morgan fingerprint density at radius 1 is 1.33 bits per heavy atom. The SMILES string of the molecule is NC1C2CCC(C2)C1C(=O)Nc1ccc2oc(=O)[nH]c2c1. The van der Waals surface area contributed by atoms with Gasteiger partial charge in [0.2, 0.25) is 5.91 Å². The van der Waals surface area contributed by atoms with Crippen LogP contribution in [-0.4, -0.2) is 16.9 Å². The summed E-state index contributed by atoms with van der Waals surface area (Å²) < 4.78 is 4.94. The number of oxazole rings is 1. The van der Waals surface area contributed by atoms with Crippen molar-refractivity contribution in [3.8, 4) is 0 Å². The van der Waals surface area contributed by atoms with Crippen LogP contribution in [0.4, 0.5) is 5.69 Å². The number of hydrogen-bond acceptors (Lipinski definition) is 4. The summed E-state index contributed by atoms with van der Waals surface area (Å²) >= 11 is 0. The first-order chi connectivity index (χ1) is 10.1. The quantitative estimate of drug-likeness (QED) is 0.777. The van der Waals surface area contributed by atoms with Crippen molar-refractivity contribution in [2.45, 2.75) is 25.3 Å². The molecule has 2 aliphatic rings. The van der Waals surface area contributed by atoms with Crippen LogP contribution in [0.25, 0.3) is 11.1 Å². The summed E-state index contributed by atoms with van der Waals surface area (Å²) in [4.78, 5) is 26.2. The average molecular weight is 287 g/mol. The molecule has 4 N–H and O–H groups in total. The molecule has 110 valence electrons. The van der Waals surface area contributed by atoms with Crippen molar-refractivity contribution in [1.82, 2.24) is 4.98 Å². The normalized spacial score (nSPS) is 30.9. The van der Waals surface area contributed by atoms with Gasteiger partial charge in [-0.25, -0.2) is 4.79 Å². The monoisotopic (exact) mass is 287 g/mol. The second-order valence-electron chi connectivity index (χ2n) is 6.15. The lowest BCUT2D eigenvalue weighted by molar-refractivity contribution is -0.121. The number of anilines is 1. The fourth-order valence-electron chi connectivity index (χ4n) is 3.98. The van der Waals surface area contributed by atoms with E-state index in [9.17, 15) is 9.59 Å². The second kappa shape index (κ2) is 4.46. The number of rotatable bonds is 2. The van der Waals surface area contributed by atoms with Crippen molar-refractivity contribution in [2.75, 3.05) is 5.32 Å². The van der Waals surface area contributed by atoms with Crippen LogP contribution in [0.5, 0.6) is 0 Å². The number of hydrogen-bond donors (Lipinski definition) is 3. The Bertz CT molecular complexity index is 761. The van der Waals surface area contributed by atoms with E-state index < -0.39 is 5.76 Å². The molecule has 6 nitrogen and oxygen atoms in total. The molecule has 1 aromatic heterocycles. The molecule has 0 spiro atoms. The molecule has 0 radical (unpaired) electrons. The minimum absolute atomic E-state index is 0.0140. The lowest BCUT2D eigenvalue weighted by Gasteiger charge is -2.26. The van der Waals surface area contributed by atoms with Crippen molar-refractivity contribution in [3.05, 3.63) is 28.7 Å². The third kappa shape index (κ3) is 1.98. The Morgan fingerprint density at radius 3 is 2.90 bits per heavy atom. The molecule has 2 fully saturated rings. The largest absolute Gasteiger partial charge is 0.417 e. The number of aromatic nitrogens is 1. The molecule has 4 unspecified atom stereocenters. The molecule has 4 atom stereocenters. The molecule has 2 aromatic rings. The third-order valence-corrected chi connectivity index (χ3v) is 4.97. The van der Waals surface area contributed by atoms with Gasteiger partial charge in [0, 0.05) is 11.7 Å². The van der Waals surface area contributed by atoms with E-state index in [1.54, 1.807) is 18.2 Å². The topological polar surface area (TPSA) is 101 Å². The Hall–Kier alpha value is -2.08. The number of carbonyl (C=O) groups is 1. The van der Waals surface area contributed by atoms with Gasteiger partial charge in [0.15, 0.2) is 5.58 Å². The van der Waals surface area contributed by atoms with Gasteiger partial charge in [-0.1, -0.05) is 0 Å². The highest BCUT2D eigenvalue weighted by molar-refractivity contribution is 5.95. The average Bonchev–Trinajstić information content (AvgIpc) is 3.10. The molecule has 21 heavy (non-hydrogen) atoms. The van der Waals surface area contributed by atoms with Crippen LogP contribution < -0.4 is 16.8 Å². The number of amides is 1. The standard InChI is InChI=1S/C15H17N3O3/c16-13-8-2-1-7(5-8)12(13)14(19)17-9-3-4-11-10(6-9)18-15(20)21-11/h3-4,6-8,12-13H,1-2,5,16H2,(H,17,19)(H,18,20). The molecule has 0 saturated heterocycles. The zero-order valence-corrected chi connectivity index (χ0v) is 11.5. The third-order valence-electron chi connectivity index (χ3n) is 4.97. The van der Waals surface area contributed by atoms with Gasteiger partial charge < -0.3 is 15.5 Å². The number of nitrogens with two attached hydrogens (primary N) is 1. The van der Waals surface area contributed by atoms with Crippen molar-refractivity contribution < 1.29 is 9.21 Å². The van der Waals surface area contributed by atoms with E-state index in [1.807, 2.05) is 0 Å². The first-order valence-electron chi connectivity index (χ1n) is 7.31. The lowest BCUT2D eigenvalue weighted by Crippen LogP contribution is -2.42. The van der Waals surface area contributed by atoms with Crippen LogP contribution in [0, 0.1) is 17.8 Å². The first kappa shape index (κ1) is 12.6. The molecule has 6 heteroatoms. The predicted octanol–water partition coefficient (Wildman–Crippen LogP) is 1.43. The van der Waals surface area contributed by atoms with E-state index in [4.69, 9.17) is 10.2 Å². The summed E-state index contributed by atoms with van der Waals surface area (Å²) in [6, 6.07) is 5.08. The molecule has 1 heterocycles. The van der Waals surface area contributed by atoms with Gasteiger partial charge in [-0.15, -0.1) is 0 Å². The Morgan fingerprint density at radius 2 is 2.14 bits per heavy atom. The van der Waals surface area contributed by atoms with Gasteiger partial charge in [-0.05, 0) is 49.3 Å².